The van der Waals surface area contributed by atoms with Crippen molar-refractivity contribution in [3.63, 3.8) is 0 Å². The molecule has 0 bridgehead atoms. The van der Waals surface area contributed by atoms with E-state index in [0.29, 0.717) is 5.41 Å². The normalized spacial score (nSPS) is 25.9. The third-order valence-corrected chi connectivity index (χ3v) is 5.37. The lowest BCUT2D eigenvalue weighted by molar-refractivity contribution is 0.134. The Kier molecular flexibility index (Phi) is 5.66. The van der Waals surface area contributed by atoms with Gasteiger partial charge in [-0.1, -0.05) is 18.2 Å². The van der Waals surface area contributed by atoms with E-state index in [4.69, 9.17) is 9.47 Å². The molecule has 5 nitrogen and oxygen atoms in total. The molecule has 1 aromatic rings. The monoisotopic (exact) mass is 443 g/mol. The maximum atomic E-state index is 5.62. The Hall–Kier alpha value is -0.860. The molecule has 0 amide bonds. The van der Waals surface area contributed by atoms with Crippen molar-refractivity contribution in [1.82, 2.24) is 10.2 Å². The Morgan fingerprint density at radius 2 is 2.12 bits per heavy atom. The van der Waals surface area contributed by atoms with Crippen LogP contribution in [0.2, 0.25) is 0 Å². The van der Waals surface area contributed by atoms with Crippen molar-refractivity contribution in [1.29, 1.82) is 0 Å². The lowest BCUT2D eigenvalue weighted by atomic mass is 9.87. The molecule has 0 aliphatic carbocycles. The topological polar surface area (TPSA) is 46.1 Å². The van der Waals surface area contributed by atoms with E-state index in [-0.39, 0.29) is 24.0 Å². The van der Waals surface area contributed by atoms with E-state index in [1.54, 1.807) is 0 Å². The number of benzene rings is 1. The third-order valence-electron chi connectivity index (χ3n) is 5.37. The molecule has 132 valence electrons. The van der Waals surface area contributed by atoms with Crippen LogP contribution in [0, 0.1) is 5.41 Å². The number of guanidine groups is 1. The number of hydrogen-bond acceptors (Lipinski definition) is 3. The van der Waals surface area contributed by atoms with Crippen molar-refractivity contribution in [2.75, 3.05) is 33.4 Å². The van der Waals surface area contributed by atoms with Crippen molar-refractivity contribution >= 4 is 29.9 Å². The zero-order valence-corrected chi connectivity index (χ0v) is 16.5. The summed E-state index contributed by atoms with van der Waals surface area (Å²) in [5.41, 5.74) is 4.29. The summed E-state index contributed by atoms with van der Waals surface area (Å²) in [6, 6.07) is 6.62. The molecule has 2 fully saturated rings. The minimum Gasteiger partial charge on any atom is -0.381 e. The summed E-state index contributed by atoms with van der Waals surface area (Å²) in [6.45, 7) is 6.25. The van der Waals surface area contributed by atoms with Crippen LogP contribution in [0.25, 0.3) is 0 Å². The average Bonchev–Trinajstić information content (AvgIpc) is 3.30. The molecule has 0 aromatic heterocycles. The lowest BCUT2D eigenvalue weighted by Gasteiger charge is -2.25. The Bertz CT molecular complexity index is 614. The van der Waals surface area contributed by atoms with E-state index in [0.717, 1.165) is 52.0 Å². The van der Waals surface area contributed by atoms with Gasteiger partial charge in [-0.3, -0.25) is 4.99 Å². The lowest BCUT2D eigenvalue weighted by Crippen LogP contribution is -2.41. The highest BCUT2D eigenvalue weighted by Gasteiger charge is 2.42. The van der Waals surface area contributed by atoms with Crippen molar-refractivity contribution in [2.45, 2.75) is 32.6 Å². The molecular weight excluding hydrogens is 417 g/mol. The van der Waals surface area contributed by atoms with Crippen molar-refractivity contribution in [3.8, 4) is 0 Å². The molecule has 1 aromatic carbocycles. The summed E-state index contributed by atoms with van der Waals surface area (Å²) in [6.07, 6.45) is 2.40. The van der Waals surface area contributed by atoms with Crippen molar-refractivity contribution < 1.29 is 9.47 Å². The fourth-order valence-electron chi connectivity index (χ4n) is 3.94. The van der Waals surface area contributed by atoms with Crippen molar-refractivity contribution in [2.24, 2.45) is 10.4 Å². The highest BCUT2D eigenvalue weighted by Crippen LogP contribution is 2.38. The fourth-order valence-corrected chi connectivity index (χ4v) is 3.94. The van der Waals surface area contributed by atoms with Gasteiger partial charge >= 0.3 is 0 Å². The Balaban J connectivity index is 0.00000169. The standard InChI is InChI=1S/C18H25N3O2.HI/c1-19-17(21-6-4-18(12-21)5-7-22-13-18)20-9-14-2-3-15-10-23-11-16(15)8-14;/h2-3,8H,4-7,9-13H2,1H3,(H,19,20);1H. The maximum Gasteiger partial charge on any atom is 0.193 e. The van der Waals surface area contributed by atoms with Gasteiger partial charge in [0, 0.05) is 38.7 Å². The van der Waals surface area contributed by atoms with E-state index < -0.39 is 0 Å². The number of fused-ring (bicyclic) bond motifs is 1. The number of aliphatic imine (C=N–C) groups is 1. The van der Waals surface area contributed by atoms with Gasteiger partial charge in [-0.2, -0.15) is 0 Å². The average molecular weight is 443 g/mol. The molecule has 6 heteroatoms. The van der Waals surface area contributed by atoms with Crippen LogP contribution in [0.1, 0.15) is 29.5 Å². The van der Waals surface area contributed by atoms with Crippen LogP contribution in [0.5, 0.6) is 0 Å². The molecule has 2 saturated heterocycles. The Morgan fingerprint density at radius 1 is 1.25 bits per heavy atom. The van der Waals surface area contributed by atoms with Gasteiger partial charge in [-0.25, -0.2) is 0 Å². The molecule has 0 radical (unpaired) electrons. The summed E-state index contributed by atoms with van der Waals surface area (Å²) in [5.74, 6) is 1.01. The number of likely N-dealkylation sites (tertiary alicyclic amines) is 1. The zero-order valence-electron chi connectivity index (χ0n) is 14.2. The first-order valence-corrected chi connectivity index (χ1v) is 8.50. The van der Waals surface area contributed by atoms with E-state index in [9.17, 15) is 0 Å². The number of ether oxygens (including phenoxy) is 2. The first-order chi connectivity index (χ1) is 11.3. The molecule has 1 spiro atoms. The molecule has 1 unspecified atom stereocenters. The molecule has 1 atom stereocenters. The van der Waals surface area contributed by atoms with Crippen LogP contribution in [0.15, 0.2) is 23.2 Å². The Morgan fingerprint density at radius 3 is 2.92 bits per heavy atom. The Labute approximate surface area is 160 Å². The largest absolute Gasteiger partial charge is 0.381 e. The van der Waals surface area contributed by atoms with Crippen LogP contribution >= 0.6 is 24.0 Å². The summed E-state index contributed by atoms with van der Waals surface area (Å²) in [4.78, 5) is 6.86. The van der Waals surface area contributed by atoms with Gasteiger partial charge < -0.3 is 19.7 Å². The van der Waals surface area contributed by atoms with Gasteiger partial charge in [-0.05, 0) is 29.5 Å². The van der Waals surface area contributed by atoms with Gasteiger partial charge in [0.25, 0.3) is 0 Å². The minimum atomic E-state index is 0. The van der Waals surface area contributed by atoms with E-state index >= 15 is 0 Å². The predicted octanol–water partition coefficient (Wildman–Crippen LogP) is 2.52. The molecule has 3 heterocycles. The predicted molar refractivity (Wildman–Crippen MR) is 105 cm³/mol. The molecule has 4 rings (SSSR count). The van der Waals surface area contributed by atoms with Crippen LogP contribution in [-0.2, 0) is 29.2 Å². The highest BCUT2D eigenvalue weighted by atomic mass is 127. The number of nitrogens with zero attached hydrogens (tertiary/aromatic N) is 2. The molecule has 3 aliphatic heterocycles. The molecule has 3 aliphatic rings. The van der Waals surface area contributed by atoms with E-state index in [1.807, 2.05) is 7.05 Å². The SMILES string of the molecule is CN=C(NCc1ccc2c(c1)COC2)N1CCC2(CCOC2)C1.I. The van der Waals surface area contributed by atoms with Gasteiger partial charge in [0.05, 0.1) is 19.8 Å². The minimum absolute atomic E-state index is 0. The van der Waals surface area contributed by atoms with Crippen LogP contribution in [0.4, 0.5) is 0 Å². The summed E-state index contributed by atoms with van der Waals surface area (Å²) >= 11 is 0. The van der Waals surface area contributed by atoms with Gasteiger partial charge in [0.1, 0.15) is 0 Å². The summed E-state index contributed by atoms with van der Waals surface area (Å²) in [5, 5.41) is 3.52. The second-order valence-corrected chi connectivity index (χ2v) is 6.97. The second kappa shape index (κ2) is 7.58. The van der Waals surface area contributed by atoms with E-state index in [2.05, 4.69) is 33.4 Å². The molecular formula is C18H26IN3O2. The first kappa shape index (κ1) is 17.9. The molecule has 0 saturated carbocycles. The molecule has 1 N–H and O–H groups in total. The van der Waals surface area contributed by atoms with Gasteiger partial charge in [-0.15, -0.1) is 24.0 Å². The van der Waals surface area contributed by atoms with Crippen LogP contribution in [0.3, 0.4) is 0 Å². The van der Waals surface area contributed by atoms with E-state index in [1.165, 1.54) is 29.5 Å². The van der Waals surface area contributed by atoms with Gasteiger partial charge in [0.2, 0.25) is 0 Å². The molecule has 24 heavy (non-hydrogen) atoms. The summed E-state index contributed by atoms with van der Waals surface area (Å²) < 4.78 is 11.1. The van der Waals surface area contributed by atoms with Gasteiger partial charge in [0.15, 0.2) is 5.96 Å². The third kappa shape index (κ3) is 3.55. The highest BCUT2D eigenvalue weighted by molar-refractivity contribution is 14.0. The quantitative estimate of drug-likeness (QED) is 0.434. The number of rotatable bonds is 2. The maximum absolute atomic E-state index is 5.62. The fraction of sp³-hybridized carbons (Fsp3) is 0.611. The number of nitrogens with one attached hydrogen (secondary N) is 1. The second-order valence-electron chi connectivity index (χ2n) is 6.97. The first-order valence-electron chi connectivity index (χ1n) is 8.50. The van der Waals surface area contributed by atoms with Crippen LogP contribution in [-0.4, -0.2) is 44.2 Å². The zero-order chi connectivity index (χ0) is 15.7. The van der Waals surface area contributed by atoms with Crippen LogP contribution < -0.4 is 5.32 Å². The smallest absolute Gasteiger partial charge is 0.193 e. The number of hydrogen-bond donors (Lipinski definition) is 1. The van der Waals surface area contributed by atoms with Crippen molar-refractivity contribution in [3.05, 3.63) is 34.9 Å². The summed E-state index contributed by atoms with van der Waals surface area (Å²) in [7, 11) is 1.87. The number of halogens is 1.